The van der Waals surface area contributed by atoms with Crippen molar-refractivity contribution < 1.29 is 31.2 Å². The third-order valence-electron chi connectivity index (χ3n) is 3.83. The molecule has 0 amide bonds. The predicted molar refractivity (Wildman–Crippen MR) is 80.5 cm³/mol. The van der Waals surface area contributed by atoms with Crippen LogP contribution < -0.4 is 4.18 Å². The molecule has 0 radical (unpaired) electrons. The van der Waals surface area contributed by atoms with Crippen molar-refractivity contribution in [2.24, 2.45) is 4.99 Å². The average Bonchev–Trinajstić information content (AvgIpc) is 3.18. The van der Waals surface area contributed by atoms with Crippen LogP contribution in [0.4, 0.5) is 8.78 Å². The SMILES string of the molecule is Cc1noc(C)c1OS(=O)N1C(C#N)=NC2C=C3OC(F)(F)OC3=CC21. The molecule has 2 aliphatic heterocycles. The molecule has 1 aromatic rings. The average molecular weight is 384 g/mol. The van der Waals surface area contributed by atoms with Gasteiger partial charge in [-0.25, -0.2) is 9.30 Å². The number of aliphatic imine (C=N–C) groups is 1. The van der Waals surface area contributed by atoms with E-state index < -0.39 is 29.6 Å². The highest BCUT2D eigenvalue weighted by atomic mass is 32.2. The lowest BCUT2D eigenvalue weighted by Crippen LogP contribution is -2.42. The number of aryl methyl sites for hydroxylation is 2. The molecule has 4 rings (SSSR count). The van der Waals surface area contributed by atoms with Crippen LogP contribution in [0.3, 0.4) is 0 Å². The Balaban J connectivity index is 1.65. The van der Waals surface area contributed by atoms with Crippen LogP contribution in [-0.2, 0) is 20.7 Å². The second-order valence-corrected chi connectivity index (χ2v) is 6.55. The summed E-state index contributed by atoms with van der Waals surface area (Å²) in [4.78, 5) is 4.08. The van der Waals surface area contributed by atoms with Gasteiger partial charge in [0.15, 0.2) is 17.3 Å². The molecular weight excluding hydrogens is 374 g/mol. The highest BCUT2D eigenvalue weighted by molar-refractivity contribution is 7.78. The quantitative estimate of drug-likeness (QED) is 0.778. The molecule has 136 valence electrons. The first-order valence-electron chi connectivity index (χ1n) is 7.29. The number of amidine groups is 1. The first-order chi connectivity index (χ1) is 12.3. The van der Waals surface area contributed by atoms with Crippen molar-refractivity contribution >= 4 is 17.1 Å². The molecule has 0 bridgehead atoms. The minimum absolute atomic E-state index is 0.163. The number of nitrogens with zero attached hydrogens (tertiary/aromatic N) is 4. The monoisotopic (exact) mass is 384 g/mol. The third-order valence-corrected chi connectivity index (χ3v) is 4.88. The first kappa shape index (κ1) is 16.5. The molecule has 12 heteroatoms. The number of rotatable bonds is 3. The van der Waals surface area contributed by atoms with E-state index >= 15 is 0 Å². The third kappa shape index (κ3) is 2.51. The van der Waals surface area contributed by atoms with Gasteiger partial charge in [-0.2, -0.15) is 9.47 Å². The molecule has 3 aliphatic rings. The molecule has 0 saturated carbocycles. The van der Waals surface area contributed by atoms with Gasteiger partial charge in [-0.1, -0.05) is 5.16 Å². The zero-order chi connectivity index (χ0) is 18.6. The minimum Gasteiger partial charge on any atom is -0.396 e. The van der Waals surface area contributed by atoms with Crippen molar-refractivity contribution in [1.29, 1.82) is 5.26 Å². The first-order valence-corrected chi connectivity index (χ1v) is 8.32. The molecule has 0 N–H and O–H groups in total. The Morgan fingerprint density at radius 2 is 2.04 bits per heavy atom. The van der Waals surface area contributed by atoms with Crippen molar-refractivity contribution in [1.82, 2.24) is 9.46 Å². The summed E-state index contributed by atoms with van der Waals surface area (Å²) in [5.74, 6) is -0.110. The molecule has 0 aromatic carbocycles. The number of nitriles is 1. The van der Waals surface area contributed by atoms with Gasteiger partial charge >= 0.3 is 17.6 Å². The van der Waals surface area contributed by atoms with Crippen molar-refractivity contribution in [2.75, 3.05) is 0 Å². The lowest BCUT2D eigenvalue weighted by Gasteiger charge is -2.24. The fourth-order valence-electron chi connectivity index (χ4n) is 2.73. The molecule has 0 spiro atoms. The number of ether oxygens (including phenoxy) is 2. The Hall–Kier alpha value is -2.94. The van der Waals surface area contributed by atoms with Crippen LogP contribution in [0, 0.1) is 25.2 Å². The van der Waals surface area contributed by atoms with E-state index in [1.807, 2.05) is 6.07 Å². The number of hydrogen-bond acceptors (Lipinski definition) is 8. The zero-order valence-electron chi connectivity index (χ0n) is 13.3. The van der Waals surface area contributed by atoms with Gasteiger partial charge in [0.25, 0.3) is 0 Å². The van der Waals surface area contributed by atoms with Gasteiger partial charge in [-0.15, -0.1) is 8.78 Å². The van der Waals surface area contributed by atoms with Crippen LogP contribution in [-0.4, -0.2) is 37.9 Å². The van der Waals surface area contributed by atoms with Crippen LogP contribution >= 0.6 is 0 Å². The van der Waals surface area contributed by atoms with Crippen molar-refractivity contribution in [3.8, 4) is 11.8 Å². The van der Waals surface area contributed by atoms with E-state index in [1.54, 1.807) is 13.8 Å². The van der Waals surface area contributed by atoms with Crippen LogP contribution in [0.5, 0.6) is 5.75 Å². The summed E-state index contributed by atoms with van der Waals surface area (Å²) < 4.78 is 59.3. The van der Waals surface area contributed by atoms with E-state index in [2.05, 4.69) is 19.6 Å². The zero-order valence-corrected chi connectivity index (χ0v) is 14.1. The lowest BCUT2D eigenvalue weighted by molar-refractivity contribution is -0.326. The second kappa shape index (κ2) is 5.53. The number of fused-ring (bicyclic) bond motifs is 2. The molecule has 3 atom stereocenters. The van der Waals surface area contributed by atoms with E-state index in [9.17, 15) is 18.3 Å². The second-order valence-electron chi connectivity index (χ2n) is 5.55. The molecule has 9 nitrogen and oxygen atoms in total. The molecule has 1 aromatic heterocycles. The van der Waals surface area contributed by atoms with E-state index in [0.29, 0.717) is 11.5 Å². The number of alkyl halides is 2. The maximum atomic E-state index is 13.2. The van der Waals surface area contributed by atoms with Crippen LogP contribution in [0.2, 0.25) is 0 Å². The van der Waals surface area contributed by atoms with Gasteiger partial charge in [0, 0.05) is 6.92 Å². The van der Waals surface area contributed by atoms with Crippen LogP contribution in [0.25, 0.3) is 0 Å². The molecular formula is C14H10F2N4O5S. The fourth-order valence-corrected chi connectivity index (χ4v) is 3.80. The highest BCUT2D eigenvalue weighted by Gasteiger charge is 2.51. The summed E-state index contributed by atoms with van der Waals surface area (Å²) in [5.41, 5.74) is 0.374. The maximum Gasteiger partial charge on any atom is 0.586 e. The van der Waals surface area contributed by atoms with Gasteiger partial charge in [-0.05, 0) is 19.1 Å². The van der Waals surface area contributed by atoms with Gasteiger partial charge < -0.3 is 18.2 Å². The summed E-state index contributed by atoms with van der Waals surface area (Å²) in [6, 6.07) is 0.248. The summed E-state index contributed by atoms with van der Waals surface area (Å²) in [6.07, 6.45) is -1.23. The Kier molecular flexibility index (Phi) is 3.52. The smallest absolute Gasteiger partial charge is 0.396 e. The Morgan fingerprint density at radius 1 is 1.35 bits per heavy atom. The molecule has 3 heterocycles. The van der Waals surface area contributed by atoms with Crippen LogP contribution in [0.15, 0.2) is 33.2 Å². The molecule has 3 unspecified atom stereocenters. The largest absolute Gasteiger partial charge is 0.586 e. The van der Waals surface area contributed by atoms with Gasteiger partial charge in [-0.3, -0.25) is 0 Å². The molecule has 1 fully saturated rings. The Labute approximate surface area is 147 Å². The van der Waals surface area contributed by atoms with Gasteiger partial charge in [0.2, 0.25) is 11.6 Å². The van der Waals surface area contributed by atoms with Crippen molar-refractivity contribution in [2.45, 2.75) is 32.2 Å². The van der Waals surface area contributed by atoms with E-state index in [1.165, 1.54) is 12.2 Å². The normalized spacial score (nSPS) is 26.4. The Bertz CT molecular complexity index is 928. The molecule has 26 heavy (non-hydrogen) atoms. The van der Waals surface area contributed by atoms with Gasteiger partial charge in [0.1, 0.15) is 17.8 Å². The summed E-state index contributed by atoms with van der Waals surface area (Å²) in [7, 11) is 0. The predicted octanol–water partition coefficient (Wildman–Crippen LogP) is 1.60. The lowest BCUT2D eigenvalue weighted by atomic mass is 10.0. The molecule has 1 aliphatic carbocycles. The van der Waals surface area contributed by atoms with Gasteiger partial charge in [0.05, 0.1) is 6.04 Å². The topological polar surface area (TPSA) is 110 Å². The summed E-state index contributed by atoms with van der Waals surface area (Å²) in [5, 5.41) is 13.0. The van der Waals surface area contributed by atoms with Crippen molar-refractivity contribution in [3.05, 3.63) is 35.1 Å². The standard InChI is InChI=1S/C14H10F2N4O5S/c1-6-13(7(2)24-19-6)25-26(21)20-9-4-11-10(22-14(15,16)23-11)3-8(9)18-12(20)5-17/h3-4,8-9H,1-2H3. The van der Waals surface area contributed by atoms with E-state index in [0.717, 1.165) is 4.31 Å². The van der Waals surface area contributed by atoms with Crippen LogP contribution in [0.1, 0.15) is 11.5 Å². The summed E-state index contributed by atoms with van der Waals surface area (Å²) in [6.45, 7) is 3.17. The number of halogens is 2. The maximum absolute atomic E-state index is 13.2. The van der Waals surface area contributed by atoms with E-state index in [4.69, 9.17) is 8.71 Å². The number of aromatic nitrogens is 1. The molecule has 1 saturated heterocycles. The van der Waals surface area contributed by atoms with E-state index in [-0.39, 0.29) is 23.1 Å². The highest BCUT2D eigenvalue weighted by Crippen LogP contribution is 2.41. The van der Waals surface area contributed by atoms with Crippen molar-refractivity contribution in [3.63, 3.8) is 0 Å². The Morgan fingerprint density at radius 3 is 2.65 bits per heavy atom. The minimum atomic E-state index is -3.78. The summed E-state index contributed by atoms with van der Waals surface area (Å²) >= 11 is -2.20. The fraction of sp³-hybridized carbons (Fsp3) is 0.357. The number of hydrogen-bond donors (Lipinski definition) is 0.